The van der Waals surface area contributed by atoms with Gasteiger partial charge in [-0.25, -0.2) is 14.0 Å². The van der Waals surface area contributed by atoms with Crippen LogP contribution < -0.4 is 10.6 Å². The first-order chi connectivity index (χ1) is 16.9. The molecule has 1 atom stereocenters. The van der Waals surface area contributed by atoms with Crippen LogP contribution in [0.4, 0.5) is 14.9 Å². The van der Waals surface area contributed by atoms with Crippen LogP contribution in [0.2, 0.25) is 0 Å². The molecule has 180 valence electrons. The van der Waals surface area contributed by atoms with E-state index in [1.165, 1.54) is 12.1 Å². The van der Waals surface area contributed by atoms with Gasteiger partial charge in [-0.3, -0.25) is 10.1 Å². The number of amides is 2. The van der Waals surface area contributed by atoms with Gasteiger partial charge in [-0.2, -0.15) is 0 Å². The molecule has 35 heavy (non-hydrogen) atoms. The summed E-state index contributed by atoms with van der Waals surface area (Å²) >= 11 is 0. The molecule has 0 saturated heterocycles. The van der Waals surface area contributed by atoms with E-state index in [4.69, 9.17) is 4.74 Å². The van der Waals surface area contributed by atoms with E-state index >= 15 is 0 Å². The van der Waals surface area contributed by atoms with Gasteiger partial charge < -0.3 is 15.2 Å². The first kappa shape index (κ1) is 23.9. The minimum absolute atomic E-state index is 0.108. The molecule has 0 aliphatic heterocycles. The zero-order valence-electron chi connectivity index (χ0n) is 19.1. The Labute approximate surface area is 201 Å². The highest BCUT2D eigenvalue weighted by atomic mass is 19.1. The number of carboxylic acid groups (broad SMARTS) is 1. The number of rotatable bonds is 8. The molecule has 0 heterocycles. The highest BCUT2D eigenvalue weighted by Crippen LogP contribution is 2.44. The molecule has 1 aliphatic rings. The van der Waals surface area contributed by atoms with E-state index in [9.17, 15) is 23.9 Å². The minimum Gasteiger partial charge on any atom is -0.480 e. The smallest absolute Gasteiger partial charge is 0.411 e. The van der Waals surface area contributed by atoms with Crippen molar-refractivity contribution >= 4 is 23.7 Å². The Balaban J connectivity index is 1.39. The van der Waals surface area contributed by atoms with Gasteiger partial charge in [0.15, 0.2) is 0 Å². The van der Waals surface area contributed by atoms with E-state index in [2.05, 4.69) is 10.6 Å². The fourth-order valence-corrected chi connectivity index (χ4v) is 4.31. The normalized spacial score (nSPS) is 12.9. The SMILES string of the molecule is CCC[C@H](NC(=O)c1ccc(NC(=O)OCC2c3ccccc3-c3ccccc32)cc1F)C(=O)O. The molecule has 0 fully saturated rings. The van der Waals surface area contributed by atoms with Gasteiger partial charge in [-0.05, 0) is 46.9 Å². The molecule has 4 rings (SSSR count). The average Bonchev–Trinajstić information content (AvgIpc) is 3.16. The molecular weight excluding hydrogens is 451 g/mol. The van der Waals surface area contributed by atoms with Crippen LogP contribution in [0.3, 0.4) is 0 Å². The van der Waals surface area contributed by atoms with Crippen molar-refractivity contribution in [2.24, 2.45) is 0 Å². The third kappa shape index (κ3) is 5.16. The van der Waals surface area contributed by atoms with Gasteiger partial charge in [0.05, 0.1) is 5.56 Å². The Hall–Kier alpha value is -4.20. The van der Waals surface area contributed by atoms with E-state index in [-0.39, 0.29) is 30.2 Å². The van der Waals surface area contributed by atoms with Gasteiger partial charge in [-0.15, -0.1) is 0 Å². The van der Waals surface area contributed by atoms with Gasteiger partial charge in [0.2, 0.25) is 0 Å². The van der Waals surface area contributed by atoms with Crippen molar-refractivity contribution in [2.75, 3.05) is 11.9 Å². The Morgan fingerprint density at radius 2 is 1.63 bits per heavy atom. The zero-order chi connectivity index (χ0) is 24.9. The van der Waals surface area contributed by atoms with E-state index in [0.29, 0.717) is 6.42 Å². The summed E-state index contributed by atoms with van der Waals surface area (Å²) in [6.45, 7) is 1.89. The largest absolute Gasteiger partial charge is 0.480 e. The lowest BCUT2D eigenvalue weighted by Gasteiger charge is -2.15. The van der Waals surface area contributed by atoms with E-state index in [1.807, 2.05) is 48.5 Å². The summed E-state index contributed by atoms with van der Waals surface area (Å²) in [6, 6.07) is 18.3. The molecule has 0 aromatic heterocycles. The molecule has 0 spiro atoms. The van der Waals surface area contributed by atoms with Gasteiger partial charge in [0.25, 0.3) is 5.91 Å². The number of carbonyl (C=O) groups is 3. The van der Waals surface area contributed by atoms with Crippen LogP contribution in [0.25, 0.3) is 11.1 Å². The molecule has 2 amide bonds. The highest BCUT2D eigenvalue weighted by Gasteiger charge is 2.29. The number of anilines is 1. The Kier molecular flexibility index (Phi) is 7.10. The fraction of sp³-hybridized carbons (Fsp3) is 0.222. The average molecular weight is 477 g/mol. The van der Waals surface area contributed by atoms with E-state index in [0.717, 1.165) is 28.3 Å². The number of carboxylic acids is 1. The number of benzene rings is 3. The van der Waals surface area contributed by atoms with Crippen LogP contribution in [0, 0.1) is 5.82 Å². The van der Waals surface area contributed by atoms with Crippen molar-refractivity contribution in [3.05, 3.63) is 89.2 Å². The second-order valence-electron chi connectivity index (χ2n) is 8.30. The van der Waals surface area contributed by atoms with Gasteiger partial charge >= 0.3 is 12.1 Å². The maximum Gasteiger partial charge on any atom is 0.411 e. The second-order valence-corrected chi connectivity index (χ2v) is 8.30. The summed E-state index contributed by atoms with van der Waals surface area (Å²) in [5.41, 5.74) is 4.16. The number of nitrogens with one attached hydrogen (secondary N) is 2. The van der Waals surface area contributed by atoms with Crippen molar-refractivity contribution in [2.45, 2.75) is 31.7 Å². The van der Waals surface area contributed by atoms with Crippen molar-refractivity contribution < 1.29 is 28.6 Å². The Morgan fingerprint density at radius 1 is 1.00 bits per heavy atom. The molecule has 0 bridgehead atoms. The first-order valence-electron chi connectivity index (χ1n) is 11.3. The third-order valence-electron chi connectivity index (χ3n) is 5.98. The van der Waals surface area contributed by atoms with Crippen LogP contribution >= 0.6 is 0 Å². The van der Waals surface area contributed by atoms with E-state index in [1.54, 1.807) is 6.92 Å². The molecule has 7 nitrogen and oxygen atoms in total. The second kappa shape index (κ2) is 10.4. The number of ether oxygens (including phenoxy) is 1. The van der Waals surface area contributed by atoms with Crippen molar-refractivity contribution in [3.63, 3.8) is 0 Å². The van der Waals surface area contributed by atoms with Gasteiger partial charge in [0, 0.05) is 11.6 Å². The molecule has 3 aromatic carbocycles. The van der Waals surface area contributed by atoms with Crippen molar-refractivity contribution in [1.29, 1.82) is 0 Å². The van der Waals surface area contributed by atoms with Crippen LogP contribution in [0.5, 0.6) is 0 Å². The van der Waals surface area contributed by atoms with Crippen LogP contribution in [-0.4, -0.2) is 35.7 Å². The van der Waals surface area contributed by atoms with Crippen molar-refractivity contribution in [3.8, 4) is 11.1 Å². The van der Waals surface area contributed by atoms with Gasteiger partial charge in [0.1, 0.15) is 18.5 Å². The standard InChI is InChI=1S/C27H25FN2O5/c1-2-7-24(26(32)33)30-25(31)21-13-12-16(14-23(21)28)29-27(34)35-15-22-19-10-5-3-8-17(19)18-9-4-6-11-20(18)22/h3-6,8-14,22,24H,2,7,15H2,1H3,(H,29,34)(H,30,31)(H,32,33)/t24-/m0/s1. The predicted octanol–water partition coefficient (Wildman–Crippen LogP) is 5.17. The lowest BCUT2D eigenvalue weighted by Crippen LogP contribution is -2.40. The first-order valence-corrected chi connectivity index (χ1v) is 11.3. The quantitative estimate of drug-likeness (QED) is 0.416. The van der Waals surface area contributed by atoms with Crippen molar-refractivity contribution in [1.82, 2.24) is 5.32 Å². The number of carbonyl (C=O) groups excluding carboxylic acids is 2. The Morgan fingerprint density at radius 3 is 2.20 bits per heavy atom. The molecule has 3 N–H and O–H groups in total. The topological polar surface area (TPSA) is 105 Å². The molecule has 0 unspecified atom stereocenters. The zero-order valence-corrected chi connectivity index (χ0v) is 19.1. The Bertz CT molecular complexity index is 1230. The lowest BCUT2D eigenvalue weighted by molar-refractivity contribution is -0.139. The molecule has 0 saturated carbocycles. The van der Waals surface area contributed by atoms with Crippen LogP contribution in [0.1, 0.15) is 47.2 Å². The van der Waals surface area contributed by atoms with Crippen LogP contribution in [0.15, 0.2) is 66.7 Å². The monoisotopic (exact) mass is 476 g/mol. The summed E-state index contributed by atoms with van der Waals surface area (Å²) < 4.78 is 20.0. The molecular formula is C27H25FN2O5. The molecule has 1 aliphatic carbocycles. The number of hydrogen-bond donors (Lipinski definition) is 3. The minimum atomic E-state index is -1.19. The van der Waals surface area contributed by atoms with E-state index < -0.39 is 29.8 Å². The predicted molar refractivity (Wildman–Crippen MR) is 129 cm³/mol. The molecule has 0 radical (unpaired) electrons. The third-order valence-corrected chi connectivity index (χ3v) is 5.98. The lowest BCUT2D eigenvalue weighted by atomic mass is 9.98. The fourth-order valence-electron chi connectivity index (χ4n) is 4.31. The summed E-state index contributed by atoms with van der Waals surface area (Å²) in [7, 11) is 0. The molecule has 3 aromatic rings. The number of aliphatic carboxylic acids is 1. The number of hydrogen-bond acceptors (Lipinski definition) is 4. The molecule has 8 heteroatoms. The summed E-state index contributed by atoms with van der Waals surface area (Å²) in [5.74, 6) is -3.02. The van der Waals surface area contributed by atoms with Gasteiger partial charge in [-0.1, -0.05) is 61.9 Å². The summed E-state index contributed by atoms with van der Waals surface area (Å²) in [5, 5.41) is 14.0. The summed E-state index contributed by atoms with van der Waals surface area (Å²) in [4.78, 5) is 36.0. The maximum absolute atomic E-state index is 14.6. The number of fused-ring (bicyclic) bond motifs is 3. The summed E-state index contributed by atoms with van der Waals surface area (Å²) in [6.07, 6.45) is 0.0182. The highest BCUT2D eigenvalue weighted by molar-refractivity contribution is 5.97. The van der Waals surface area contributed by atoms with Crippen LogP contribution in [-0.2, 0) is 9.53 Å². The maximum atomic E-state index is 14.6. The number of halogens is 1.